The zero-order valence-corrected chi connectivity index (χ0v) is 10.5. The number of nitrogens with two attached hydrogens (primary N) is 1. The largest absolute Gasteiger partial charge is 0.382 e. The standard InChI is InChI=1S/C11H20N4O2/c1-3-4-9-13-10(15-11(12)14-9)5-6-17-8-7-16-2/h3-8H2,1-2H3,(H2,12,13,14,15). The third-order valence-electron chi connectivity index (χ3n) is 2.12. The van der Waals surface area contributed by atoms with E-state index in [0.717, 1.165) is 18.7 Å². The van der Waals surface area contributed by atoms with Crippen molar-refractivity contribution in [2.75, 3.05) is 32.7 Å². The Morgan fingerprint density at radius 2 is 1.71 bits per heavy atom. The molecule has 1 heterocycles. The number of hydrogen-bond acceptors (Lipinski definition) is 6. The van der Waals surface area contributed by atoms with Crippen molar-refractivity contribution in [1.82, 2.24) is 15.0 Å². The van der Waals surface area contributed by atoms with E-state index in [1.54, 1.807) is 7.11 Å². The average Bonchev–Trinajstić information content (AvgIpc) is 2.28. The van der Waals surface area contributed by atoms with Gasteiger partial charge in [0.05, 0.1) is 19.8 Å². The Balaban J connectivity index is 2.41. The molecule has 0 fully saturated rings. The highest BCUT2D eigenvalue weighted by atomic mass is 16.5. The smallest absolute Gasteiger partial charge is 0.223 e. The minimum Gasteiger partial charge on any atom is -0.382 e. The van der Waals surface area contributed by atoms with Gasteiger partial charge in [0, 0.05) is 20.0 Å². The van der Waals surface area contributed by atoms with Crippen LogP contribution in [0.2, 0.25) is 0 Å². The van der Waals surface area contributed by atoms with E-state index in [1.165, 1.54) is 0 Å². The molecule has 0 radical (unpaired) electrons. The van der Waals surface area contributed by atoms with E-state index in [1.807, 2.05) is 0 Å². The van der Waals surface area contributed by atoms with Crippen LogP contribution < -0.4 is 5.73 Å². The van der Waals surface area contributed by atoms with Crippen LogP contribution >= 0.6 is 0 Å². The topological polar surface area (TPSA) is 83.2 Å². The van der Waals surface area contributed by atoms with Crippen molar-refractivity contribution < 1.29 is 9.47 Å². The van der Waals surface area contributed by atoms with Gasteiger partial charge in [0.2, 0.25) is 5.95 Å². The molecule has 17 heavy (non-hydrogen) atoms. The van der Waals surface area contributed by atoms with E-state index in [0.29, 0.717) is 32.1 Å². The van der Waals surface area contributed by atoms with Crippen LogP contribution in [-0.2, 0) is 22.3 Å². The van der Waals surface area contributed by atoms with Gasteiger partial charge in [0.25, 0.3) is 0 Å². The highest BCUT2D eigenvalue weighted by Gasteiger charge is 2.03. The zero-order chi connectivity index (χ0) is 12.5. The van der Waals surface area contributed by atoms with E-state index in [2.05, 4.69) is 21.9 Å². The molecule has 0 bridgehead atoms. The van der Waals surface area contributed by atoms with Gasteiger partial charge >= 0.3 is 0 Å². The van der Waals surface area contributed by atoms with Crippen molar-refractivity contribution in [3.05, 3.63) is 11.6 Å². The molecular formula is C11H20N4O2. The second-order valence-corrected chi connectivity index (χ2v) is 3.63. The molecule has 96 valence electrons. The number of methoxy groups -OCH3 is 1. The van der Waals surface area contributed by atoms with Gasteiger partial charge in [-0.3, -0.25) is 0 Å². The SMILES string of the molecule is CCCc1nc(N)nc(CCOCCOC)n1. The van der Waals surface area contributed by atoms with Gasteiger partial charge < -0.3 is 15.2 Å². The summed E-state index contributed by atoms with van der Waals surface area (Å²) in [6.07, 6.45) is 2.46. The maximum Gasteiger partial charge on any atom is 0.223 e. The maximum atomic E-state index is 5.62. The Morgan fingerprint density at radius 1 is 1.00 bits per heavy atom. The first-order valence-electron chi connectivity index (χ1n) is 5.82. The maximum absolute atomic E-state index is 5.62. The lowest BCUT2D eigenvalue weighted by Gasteiger charge is -2.05. The fourth-order valence-electron chi connectivity index (χ4n) is 1.34. The van der Waals surface area contributed by atoms with E-state index >= 15 is 0 Å². The van der Waals surface area contributed by atoms with Crippen molar-refractivity contribution >= 4 is 5.95 Å². The molecule has 1 aromatic heterocycles. The Kier molecular flexibility index (Phi) is 6.42. The number of aromatic nitrogens is 3. The van der Waals surface area contributed by atoms with Crippen LogP contribution in [0.15, 0.2) is 0 Å². The second kappa shape index (κ2) is 7.92. The first kappa shape index (κ1) is 13.8. The Morgan fingerprint density at radius 3 is 2.35 bits per heavy atom. The van der Waals surface area contributed by atoms with Gasteiger partial charge in [0.15, 0.2) is 0 Å². The molecule has 1 aromatic rings. The predicted molar refractivity (Wildman–Crippen MR) is 64.6 cm³/mol. The minimum atomic E-state index is 0.287. The number of nitrogens with zero attached hydrogens (tertiary/aromatic N) is 3. The van der Waals surface area contributed by atoms with Crippen LogP contribution in [-0.4, -0.2) is 41.9 Å². The summed E-state index contributed by atoms with van der Waals surface area (Å²) in [6.45, 7) is 3.82. The summed E-state index contributed by atoms with van der Waals surface area (Å²) in [5.74, 6) is 1.74. The molecule has 6 nitrogen and oxygen atoms in total. The van der Waals surface area contributed by atoms with Crippen LogP contribution in [0.5, 0.6) is 0 Å². The number of hydrogen-bond donors (Lipinski definition) is 1. The summed E-state index contributed by atoms with van der Waals surface area (Å²) in [4.78, 5) is 12.5. The second-order valence-electron chi connectivity index (χ2n) is 3.63. The summed E-state index contributed by atoms with van der Waals surface area (Å²) in [6, 6.07) is 0. The summed E-state index contributed by atoms with van der Waals surface area (Å²) in [7, 11) is 1.65. The van der Waals surface area contributed by atoms with E-state index in [4.69, 9.17) is 15.2 Å². The van der Waals surface area contributed by atoms with E-state index in [9.17, 15) is 0 Å². The van der Waals surface area contributed by atoms with Crippen LogP contribution in [0.3, 0.4) is 0 Å². The molecular weight excluding hydrogens is 220 g/mol. The Hall–Kier alpha value is -1.27. The third-order valence-corrected chi connectivity index (χ3v) is 2.12. The lowest BCUT2D eigenvalue weighted by Crippen LogP contribution is -2.11. The summed E-state index contributed by atoms with van der Waals surface area (Å²) in [5.41, 5.74) is 5.62. The molecule has 0 aliphatic rings. The number of nitrogen functional groups attached to an aromatic ring is 1. The van der Waals surface area contributed by atoms with Gasteiger partial charge in [-0.15, -0.1) is 0 Å². The molecule has 0 spiro atoms. The van der Waals surface area contributed by atoms with Crippen molar-refractivity contribution in [3.8, 4) is 0 Å². The van der Waals surface area contributed by atoms with Gasteiger partial charge in [-0.25, -0.2) is 4.98 Å². The van der Waals surface area contributed by atoms with Gasteiger partial charge in [-0.1, -0.05) is 6.92 Å². The van der Waals surface area contributed by atoms with E-state index < -0.39 is 0 Å². The first-order chi connectivity index (χ1) is 8.26. The minimum absolute atomic E-state index is 0.287. The van der Waals surface area contributed by atoms with Crippen LogP contribution in [0, 0.1) is 0 Å². The van der Waals surface area contributed by atoms with Gasteiger partial charge in [-0.05, 0) is 6.42 Å². The Bertz CT molecular complexity index is 333. The molecule has 0 aromatic carbocycles. The predicted octanol–water partition coefficient (Wildman–Crippen LogP) is 0.612. The fourth-order valence-corrected chi connectivity index (χ4v) is 1.34. The number of rotatable bonds is 8. The fraction of sp³-hybridized carbons (Fsp3) is 0.727. The molecule has 2 N–H and O–H groups in total. The van der Waals surface area contributed by atoms with Crippen LogP contribution in [0.1, 0.15) is 25.0 Å². The number of aryl methyl sites for hydroxylation is 1. The zero-order valence-electron chi connectivity index (χ0n) is 10.5. The Labute approximate surface area is 102 Å². The molecule has 1 rings (SSSR count). The summed E-state index contributed by atoms with van der Waals surface area (Å²) in [5, 5.41) is 0. The van der Waals surface area contributed by atoms with E-state index in [-0.39, 0.29) is 5.95 Å². The third kappa shape index (κ3) is 5.55. The van der Waals surface area contributed by atoms with Gasteiger partial charge in [-0.2, -0.15) is 9.97 Å². The highest BCUT2D eigenvalue weighted by molar-refractivity contribution is 5.16. The normalized spacial score (nSPS) is 10.7. The first-order valence-corrected chi connectivity index (χ1v) is 5.82. The lowest BCUT2D eigenvalue weighted by atomic mass is 10.3. The lowest BCUT2D eigenvalue weighted by molar-refractivity contribution is 0.0716. The molecule has 6 heteroatoms. The molecule has 0 aliphatic carbocycles. The van der Waals surface area contributed by atoms with Crippen molar-refractivity contribution in [2.45, 2.75) is 26.2 Å². The van der Waals surface area contributed by atoms with Crippen molar-refractivity contribution in [2.24, 2.45) is 0 Å². The molecule has 0 atom stereocenters. The summed E-state index contributed by atoms with van der Waals surface area (Å²) >= 11 is 0. The number of ether oxygens (including phenoxy) is 2. The summed E-state index contributed by atoms with van der Waals surface area (Å²) < 4.78 is 10.2. The van der Waals surface area contributed by atoms with Gasteiger partial charge in [0.1, 0.15) is 11.6 Å². The monoisotopic (exact) mass is 240 g/mol. The van der Waals surface area contributed by atoms with Crippen LogP contribution in [0.4, 0.5) is 5.95 Å². The van der Waals surface area contributed by atoms with Crippen molar-refractivity contribution in [1.29, 1.82) is 0 Å². The highest BCUT2D eigenvalue weighted by Crippen LogP contribution is 2.01. The molecule has 0 saturated carbocycles. The molecule has 0 aliphatic heterocycles. The van der Waals surface area contributed by atoms with Crippen LogP contribution in [0.25, 0.3) is 0 Å². The molecule has 0 saturated heterocycles. The van der Waals surface area contributed by atoms with Crippen molar-refractivity contribution in [3.63, 3.8) is 0 Å². The number of anilines is 1. The average molecular weight is 240 g/mol. The quantitative estimate of drug-likeness (QED) is 0.670. The molecule has 0 amide bonds. The molecule has 0 unspecified atom stereocenters.